The van der Waals surface area contributed by atoms with Crippen molar-refractivity contribution < 1.29 is 13.2 Å². The summed E-state index contributed by atoms with van der Waals surface area (Å²) in [6, 6.07) is 0. The summed E-state index contributed by atoms with van der Waals surface area (Å²) in [7, 11) is 0. The van der Waals surface area contributed by atoms with Crippen LogP contribution in [-0.4, -0.2) is 30.7 Å². The number of hydrogen-bond acceptors (Lipinski definition) is 1. The number of likely N-dealkylation sites (tertiary alicyclic amines) is 1. The Morgan fingerprint density at radius 2 is 1.73 bits per heavy atom. The van der Waals surface area contributed by atoms with Crippen molar-refractivity contribution in [1.29, 1.82) is 0 Å². The second kappa shape index (κ2) is 5.19. The number of rotatable bonds is 3. The highest BCUT2D eigenvalue weighted by atomic mass is 19.4. The molecule has 15 heavy (non-hydrogen) atoms. The van der Waals surface area contributed by atoms with Gasteiger partial charge in [-0.1, -0.05) is 13.8 Å². The van der Waals surface area contributed by atoms with Gasteiger partial charge in [0.25, 0.3) is 0 Å². The maximum absolute atomic E-state index is 12.1. The Labute approximate surface area is 89.6 Å². The first-order valence-electron chi connectivity index (χ1n) is 5.66. The van der Waals surface area contributed by atoms with Crippen LogP contribution in [0.5, 0.6) is 0 Å². The molecule has 0 radical (unpaired) electrons. The zero-order valence-electron chi connectivity index (χ0n) is 9.48. The third-order valence-electron chi connectivity index (χ3n) is 2.91. The molecule has 0 bridgehead atoms. The van der Waals surface area contributed by atoms with E-state index in [9.17, 15) is 13.2 Å². The highest BCUT2D eigenvalue weighted by molar-refractivity contribution is 4.74. The van der Waals surface area contributed by atoms with Crippen LogP contribution >= 0.6 is 0 Å². The number of hydrogen-bond donors (Lipinski definition) is 0. The summed E-state index contributed by atoms with van der Waals surface area (Å²) < 4.78 is 36.3. The van der Waals surface area contributed by atoms with Crippen LogP contribution in [0, 0.1) is 11.8 Å². The highest BCUT2D eigenvalue weighted by Crippen LogP contribution is 2.26. The topological polar surface area (TPSA) is 3.24 Å². The van der Waals surface area contributed by atoms with Crippen LogP contribution in [0.25, 0.3) is 0 Å². The molecular formula is C11H20F3N. The second-order valence-electron chi connectivity index (χ2n) is 4.96. The van der Waals surface area contributed by atoms with Gasteiger partial charge < -0.3 is 0 Å². The van der Waals surface area contributed by atoms with E-state index in [4.69, 9.17) is 0 Å². The van der Waals surface area contributed by atoms with Crippen molar-refractivity contribution >= 4 is 0 Å². The molecule has 0 amide bonds. The van der Waals surface area contributed by atoms with Gasteiger partial charge in [0.1, 0.15) is 0 Å². The zero-order valence-corrected chi connectivity index (χ0v) is 9.48. The molecule has 1 aliphatic rings. The lowest BCUT2D eigenvalue weighted by Gasteiger charge is -2.33. The summed E-state index contributed by atoms with van der Waals surface area (Å²) in [5.41, 5.74) is 0. The average molecular weight is 223 g/mol. The third kappa shape index (κ3) is 5.40. The molecule has 1 fully saturated rings. The molecule has 1 rings (SSSR count). The minimum absolute atomic E-state index is 0.608. The van der Waals surface area contributed by atoms with Crippen LogP contribution in [-0.2, 0) is 0 Å². The molecule has 1 heterocycles. The van der Waals surface area contributed by atoms with Crippen LogP contribution in [0.15, 0.2) is 0 Å². The standard InChI is InChI=1S/C11H20F3N/c1-9(2)7-10-3-5-15(6-4-10)8-11(12,13)14/h9-10H,3-8H2,1-2H3. The number of nitrogens with zero attached hydrogens (tertiary/aromatic N) is 1. The molecule has 0 aromatic rings. The zero-order chi connectivity index (χ0) is 11.5. The molecule has 0 spiro atoms. The summed E-state index contributed by atoms with van der Waals surface area (Å²) >= 11 is 0. The van der Waals surface area contributed by atoms with Crippen molar-refractivity contribution in [2.24, 2.45) is 11.8 Å². The predicted molar refractivity (Wildman–Crippen MR) is 54.7 cm³/mol. The van der Waals surface area contributed by atoms with E-state index in [2.05, 4.69) is 13.8 Å². The number of piperidine rings is 1. The molecule has 0 N–H and O–H groups in total. The molecule has 1 aliphatic heterocycles. The third-order valence-corrected chi connectivity index (χ3v) is 2.91. The minimum Gasteiger partial charge on any atom is -0.295 e. The van der Waals surface area contributed by atoms with E-state index in [1.165, 1.54) is 4.90 Å². The summed E-state index contributed by atoms with van der Waals surface area (Å²) in [5, 5.41) is 0. The van der Waals surface area contributed by atoms with E-state index in [1.807, 2.05) is 0 Å². The van der Waals surface area contributed by atoms with Crippen molar-refractivity contribution in [2.45, 2.75) is 39.3 Å². The van der Waals surface area contributed by atoms with Crippen LogP contribution in [0.4, 0.5) is 13.2 Å². The van der Waals surface area contributed by atoms with Crippen LogP contribution in [0.2, 0.25) is 0 Å². The van der Waals surface area contributed by atoms with Crippen LogP contribution < -0.4 is 0 Å². The Morgan fingerprint density at radius 3 is 2.13 bits per heavy atom. The molecule has 90 valence electrons. The lowest BCUT2D eigenvalue weighted by molar-refractivity contribution is -0.148. The van der Waals surface area contributed by atoms with E-state index in [-0.39, 0.29) is 0 Å². The lowest BCUT2D eigenvalue weighted by Crippen LogP contribution is -2.40. The Balaban J connectivity index is 2.24. The smallest absolute Gasteiger partial charge is 0.295 e. The Hall–Kier alpha value is -0.250. The van der Waals surface area contributed by atoms with Gasteiger partial charge in [-0.2, -0.15) is 13.2 Å². The van der Waals surface area contributed by atoms with Gasteiger partial charge in [0.15, 0.2) is 0 Å². The predicted octanol–water partition coefficient (Wildman–Crippen LogP) is 3.31. The maximum atomic E-state index is 12.1. The van der Waals surface area contributed by atoms with E-state index in [1.54, 1.807) is 0 Å². The summed E-state index contributed by atoms with van der Waals surface area (Å²) in [6.45, 7) is 4.82. The van der Waals surface area contributed by atoms with Gasteiger partial charge in [0.2, 0.25) is 0 Å². The molecule has 0 unspecified atom stereocenters. The second-order valence-corrected chi connectivity index (χ2v) is 4.96. The minimum atomic E-state index is -4.04. The van der Waals surface area contributed by atoms with Crippen molar-refractivity contribution in [3.8, 4) is 0 Å². The fraction of sp³-hybridized carbons (Fsp3) is 1.00. The monoisotopic (exact) mass is 223 g/mol. The summed E-state index contributed by atoms with van der Waals surface area (Å²) in [5.74, 6) is 1.29. The molecule has 0 aliphatic carbocycles. The Bertz CT molecular complexity index is 181. The normalized spacial score (nSPS) is 21.2. The molecule has 0 saturated carbocycles. The molecule has 0 aromatic heterocycles. The highest BCUT2D eigenvalue weighted by Gasteiger charge is 2.32. The van der Waals surface area contributed by atoms with Gasteiger partial charge in [-0.3, -0.25) is 4.90 Å². The quantitative estimate of drug-likeness (QED) is 0.709. The van der Waals surface area contributed by atoms with E-state index >= 15 is 0 Å². The van der Waals surface area contributed by atoms with E-state index in [0.717, 1.165) is 19.3 Å². The van der Waals surface area contributed by atoms with Gasteiger partial charge in [0, 0.05) is 0 Å². The van der Waals surface area contributed by atoms with Gasteiger partial charge >= 0.3 is 6.18 Å². The molecule has 1 nitrogen and oxygen atoms in total. The van der Waals surface area contributed by atoms with Gasteiger partial charge in [-0.15, -0.1) is 0 Å². The summed E-state index contributed by atoms with van der Waals surface area (Å²) in [6.07, 6.45) is -1.03. The molecule has 0 aromatic carbocycles. The Morgan fingerprint density at radius 1 is 1.20 bits per heavy atom. The first-order chi connectivity index (χ1) is 6.87. The maximum Gasteiger partial charge on any atom is 0.401 e. The number of alkyl halides is 3. The van der Waals surface area contributed by atoms with E-state index in [0.29, 0.717) is 24.9 Å². The van der Waals surface area contributed by atoms with Gasteiger partial charge in [-0.25, -0.2) is 0 Å². The largest absolute Gasteiger partial charge is 0.401 e. The Kier molecular flexibility index (Phi) is 4.44. The lowest BCUT2D eigenvalue weighted by atomic mass is 9.89. The average Bonchev–Trinajstić information content (AvgIpc) is 2.05. The van der Waals surface area contributed by atoms with Crippen molar-refractivity contribution in [2.75, 3.05) is 19.6 Å². The van der Waals surface area contributed by atoms with Crippen molar-refractivity contribution in [3.05, 3.63) is 0 Å². The molecular weight excluding hydrogens is 203 g/mol. The molecule has 0 atom stereocenters. The first kappa shape index (κ1) is 12.8. The van der Waals surface area contributed by atoms with Crippen LogP contribution in [0.3, 0.4) is 0 Å². The summed E-state index contributed by atoms with van der Waals surface area (Å²) in [4.78, 5) is 1.52. The van der Waals surface area contributed by atoms with Crippen LogP contribution in [0.1, 0.15) is 33.1 Å². The fourth-order valence-corrected chi connectivity index (χ4v) is 2.30. The number of halogens is 3. The SMILES string of the molecule is CC(C)CC1CCN(CC(F)(F)F)CC1. The molecule has 4 heteroatoms. The van der Waals surface area contributed by atoms with Crippen molar-refractivity contribution in [1.82, 2.24) is 4.90 Å². The fourth-order valence-electron chi connectivity index (χ4n) is 2.30. The molecule has 1 saturated heterocycles. The van der Waals surface area contributed by atoms with Gasteiger partial charge in [0.05, 0.1) is 6.54 Å². The first-order valence-corrected chi connectivity index (χ1v) is 5.66. The van der Waals surface area contributed by atoms with Crippen molar-refractivity contribution in [3.63, 3.8) is 0 Å². The van der Waals surface area contributed by atoms with Gasteiger partial charge in [-0.05, 0) is 44.2 Å². The van der Waals surface area contributed by atoms with E-state index < -0.39 is 12.7 Å².